The molecule has 3 aromatic rings. The van der Waals surface area contributed by atoms with E-state index in [-0.39, 0.29) is 28.6 Å². The summed E-state index contributed by atoms with van der Waals surface area (Å²) in [7, 11) is -3.96. The molecule has 0 bridgehead atoms. The van der Waals surface area contributed by atoms with Crippen LogP contribution >= 0.6 is 0 Å². The molecule has 0 heterocycles. The smallest absolute Gasteiger partial charge is 0.303 e. The zero-order valence-corrected chi connectivity index (χ0v) is 22.5. The second-order valence-electron chi connectivity index (χ2n) is 9.91. The first-order valence-corrected chi connectivity index (χ1v) is 13.8. The SMILES string of the molecule is CC(=O)O[C@@H](c1c(-c2ccccc2)c1=O)[C@@H](NC(=O)[C@H](CC(C)C)NS(=O)(=O)c1ccccc1)C(C)C. The Morgan fingerprint density at radius 1 is 0.919 bits per heavy atom. The van der Waals surface area contributed by atoms with Gasteiger partial charge in [-0.1, -0.05) is 76.2 Å². The van der Waals surface area contributed by atoms with Crippen LogP contribution in [0.1, 0.15) is 52.7 Å². The fourth-order valence-corrected chi connectivity index (χ4v) is 5.46. The van der Waals surface area contributed by atoms with Gasteiger partial charge in [-0.3, -0.25) is 14.4 Å². The molecule has 0 radical (unpaired) electrons. The first-order chi connectivity index (χ1) is 17.4. The van der Waals surface area contributed by atoms with Crippen molar-refractivity contribution in [3.63, 3.8) is 0 Å². The topological polar surface area (TPSA) is 119 Å². The van der Waals surface area contributed by atoms with Gasteiger partial charge in [-0.15, -0.1) is 0 Å². The highest BCUT2D eigenvalue weighted by Crippen LogP contribution is 2.36. The van der Waals surface area contributed by atoms with Gasteiger partial charge in [0.2, 0.25) is 15.9 Å². The predicted octanol–water partition coefficient (Wildman–Crippen LogP) is 3.73. The van der Waals surface area contributed by atoms with Crippen LogP contribution in [0.5, 0.6) is 0 Å². The Labute approximate surface area is 218 Å². The molecular formula is C28H34N2O6S. The lowest BCUT2D eigenvalue weighted by Crippen LogP contribution is -2.53. The van der Waals surface area contributed by atoms with Crippen LogP contribution < -0.4 is 15.5 Å². The van der Waals surface area contributed by atoms with Gasteiger partial charge in [0.1, 0.15) is 6.04 Å². The summed E-state index contributed by atoms with van der Waals surface area (Å²) in [6, 6.07) is 15.1. The van der Waals surface area contributed by atoms with Crippen LogP contribution in [0.15, 0.2) is 70.4 Å². The highest BCUT2D eigenvalue weighted by molar-refractivity contribution is 7.89. The third-order valence-electron chi connectivity index (χ3n) is 6.05. The standard InChI is InChI=1S/C28H34N2O6S/c1-17(2)16-22(30-37(34,35)21-14-10-7-11-15-21)28(33)29-25(18(3)4)27(36-19(5)31)24-23(26(24)32)20-12-8-6-9-13-20/h6-15,17-18,22,25,27,30H,16H2,1-5H3,(H,29,33)/t22-,25-,27-/m0/s1. The second-order valence-corrected chi connectivity index (χ2v) is 11.6. The fraction of sp³-hybridized carbons (Fsp3) is 0.393. The first kappa shape index (κ1) is 28.3. The average Bonchev–Trinajstić information content (AvgIpc) is 3.51. The van der Waals surface area contributed by atoms with Crippen molar-refractivity contribution >= 4 is 21.9 Å². The van der Waals surface area contributed by atoms with E-state index in [1.165, 1.54) is 19.1 Å². The van der Waals surface area contributed by atoms with E-state index in [0.29, 0.717) is 16.7 Å². The molecule has 9 heteroatoms. The van der Waals surface area contributed by atoms with Gasteiger partial charge in [-0.2, -0.15) is 4.72 Å². The summed E-state index contributed by atoms with van der Waals surface area (Å²) < 4.78 is 34.1. The van der Waals surface area contributed by atoms with E-state index < -0.39 is 40.1 Å². The number of rotatable bonds is 12. The molecule has 3 aromatic carbocycles. The maximum absolute atomic E-state index is 13.5. The lowest BCUT2D eigenvalue weighted by Gasteiger charge is -2.31. The molecule has 0 unspecified atom stereocenters. The number of amides is 1. The molecule has 198 valence electrons. The Bertz CT molecular complexity index is 1330. The van der Waals surface area contributed by atoms with Crippen molar-refractivity contribution in [2.45, 2.75) is 64.1 Å². The minimum atomic E-state index is -3.96. The van der Waals surface area contributed by atoms with Crippen molar-refractivity contribution in [2.24, 2.45) is 11.8 Å². The Balaban J connectivity index is 1.90. The lowest BCUT2D eigenvalue weighted by atomic mass is 9.94. The Morgan fingerprint density at radius 3 is 2.00 bits per heavy atom. The molecular weight excluding hydrogens is 492 g/mol. The predicted molar refractivity (Wildman–Crippen MR) is 142 cm³/mol. The van der Waals surface area contributed by atoms with E-state index in [4.69, 9.17) is 4.74 Å². The number of carbonyl (C=O) groups is 2. The molecule has 8 nitrogen and oxygen atoms in total. The van der Waals surface area contributed by atoms with Crippen LogP contribution in [-0.4, -0.2) is 32.4 Å². The summed E-state index contributed by atoms with van der Waals surface area (Å²) in [5, 5.41) is 2.89. The highest BCUT2D eigenvalue weighted by Gasteiger charge is 2.41. The zero-order chi connectivity index (χ0) is 27.3. The summed E-state index contributed by atoms with van der Waals surface area (Å²) >= 11 is 0. The molecule has 0 fully saturated rings. The van der Waals surface area contributed by atoms with Crippen LogP contribution in [0.4, 0.5) is 0 Å². The van der Waals surface area contributed by atoms with Gasteiger partial charge in [0, 0.05) is 12.5 Å². The zero-order valence-electron chi connectivity index (χ0n) is 21.7. The summed E-state index contributed by atoms with van der Waals surface area (Å²) in [4.78, 5) is 38.4. The van der Waals surface area contributed by atoms with Crippen molar-refractivity contribution in [3.8, 4) is 11.1 Å². The molecule has 0 saturated carbocycles. The molecule has 37 heavy (non-hydrogen) atoms. The Hall–Kier alpha value is -3.30. The third-order valence-corrected chi connectivity index (χ3v) is 7.53. The van der Waals surface area contributed by atoms with Gasteiger partial charge in [0.25, 0.3) is 0 Å². The van der Waals surface area contributed by atoms with E-state index >= 15 is 0 Å². The molecule has 0 saturated heterocycles. The van der Waals surface area contributed by atoms with Crippen LogP contribution in [-0.2, 0) is 24.3 Å². The van der Waals surface area contributed by atoms with Crippen molar-refractivity contribution in [3.05, 3.63) is 76.5 Å². The summed E-state index contributed by atoms with van der Waals surface area (Å²) in [6.45, 7) is 8.69. The van der Waals surface area contributed by atoms with Gasteiger partial charge in [-0.05, 0) is 36.0 Å². The number of sulfonamides is 1. The Morgan fingerprint density at radius 2 is 1.49 bits per heavy atom. The molecule has 0 aromatic heterocycles. The number of esters is 1. The van der Waals surface area contributed by atoms with Crippen molar-refractivity contribution < 1.29 is 22.7 Å². The summed E-state index contributed by atoms with van der Waals surface area (Å²) in [6.07, 6.45) is -0.757. The molecule has 1 amide bonds. The Kier molecular flexibility index (Phi) is 9.04. The average molecular weight is 527 g/mol. The molecule has 0 aliphatic rings. The van der Waals surface area contributed by atoms with E-state index in [1.807, 2.05) is 45.9 Å². The van der Waals surface area contributed by atoms with Crippen molar-refractivity contribution in [1.29, 1.82) is 0 Å². The van der Waals surface area contributed by atoms with E-state index in [9.17, 15) is 22.8 Å². The number of benzene rings is 2. The maximum atomic E-state index is 13.5. The minimum Gasteiger partial charge on any atom is -0.455 e. The normalized spacial score (nSPS) is 14.5. The second kappa shape index (κ2) is 11.8. The lowest BCUT2D eigenvalue weighted by molar-refractivity contribution is -0.150. The van der Waals surface area contributed by atoms with Gasteiger partial charge in [0.15, 0.2) is 11.5 Å². The molecule has 0 spiro atoms. The number of hydrogen-bond donors (Lipinski definition) is 2. The van der Waals surface area contributed by atoms with Crippen LogP contribution in [0.2, 0.25) is 0 Å². The minimum absolute atomic E-state index is 0.00777. The number of hydrogen-bond acceptors (Lipinski definition) is 6. The van der Waals surface area contributed by atoms with Gasteiger partial charge in [-0.25, -0.2) is 8.42 Å². The van der Waals surface area contributed by atoms with Crippen LogP contribution in [0.3, 0.4) is 0 Å². The molecule has 3 rings (SSSR count). The van der Waals surface area contributed by atoms with Gasteiger partial charge >= 0.3 is 5.97 Å². The van der Waals surface area contributed by atoms with E-state index in [0.717, 1.165) is 0 Å². The molecule has 2 N–H and O–H groups in total. The van der Waals surface area contributed by atoms with E-state index in [2.05, 4.69) is 10.0 Å². The summed E-state index contributed by atoms with van der Waals surface area (Å²) in [5.41, 5.74) is 1.29. The number of ether oxygens (including phenoxy) is 1. The largest absolute Gasteiger partial charge is 0.455 e. The van der Waals surface area contributed by atoms with E-state index in [1.54, 1.807) is 30.3 Å². The van der Waals surface area contributed by atoms with Crippen molar-refractivity contribution in [2.75, 3.05) is 0 Å². The van der Waals surface area contributed by atoms with Crippen LogP contribution in [0.25, 0.3) is 11.1 Å². The highest BCUT2D eigenvalue weighted by atomic mass is 32.2. The number of carbonyl (C=O) groups excluding carboxylic acids is 2. The quantitative estimate of drug-likeness (QED) is 0.347. The third kappa shape index (κ3) is 7.14. The van der Waals surface area contributed by atoms with Crippen molar-refractivity contribution in [1.82, 2.24) is 10.0 Å². The summed E-state index contributed by atoms with van der Waals surface area (Å²) in [5.74, 6) is -1.38. The van der Waals surface area contributed by atoms with Crippen LogP contribution in [0, 0.1) is 11.8 Å². The monoisotopic (exact) mass is 526 g/mol. The maximum Gasteiger partial charge on any atom is 0.303 e. The van der Waals surface area contributed by atoms with Gasteiger partial charge < -0.3 is 10.1 Å². The fourth-order valence-electron chi connectivity index (χ4n) is 4.23. The first-order valence-electron chi connectivity index (χ1n) is 12.3. The molecule has 3 atom stereocenters. The number of nitrogens with one attached hydrogen (secondary N) is 2. The van der Waals surface area contributed by atoms with Gasteiger partial charge in [0.05, 0.1) is 16.5 Å². The molecule has 0 aliphatic carbocycles. The molecule has 0 aliphatic heterocycles.